The second kappa shape index (κ2) is 10.0. The van der Waals surface area contributed by atoms with Gasteiger partial charge in [0.2, 0.25) is 5.78 Å². The minimum atomic E-state index is -0.806. The number of carbonyl (C=O) groups is 2. The lowest BCUT2D eigenvalue weighted by molar-refractivity contribution is -0.117. The number of aliphatic hydroxyl groups excluding tert-OH is 1. The van der Waals surface area contributed by atoms with Crippen LogP contribution in [0.5, 0.6) is 5.75 Å². The van der Waals surface area contributed by atoms with Crippen molar-refractivity contribution in [2.75, 3.05) is 11.5 Å². The molecule has 6 nitrogen and oxygen atoms in total. The van der Waals surface area contributed by atoms with E-state index in [1.54, 1.807) is 25.1 Å². The van der Waals surface area contributed by atoms with E-state index < -0.39 is 23.5 Å². The average molecular weight is 511 g/mol. The molecule has 1 aliphatic heterocycles. The second-order valence-electron chi connectivity index (χ2n) is 8.81. The summed E-state index contributed by atoms with van der Waals surface area (Å²) < 4.78 is 5.58. The third-order valence-corrected chi connectivity index (χ3v) is 7.47. The normalized spacial score (nSPS) is 15.4. The van der Waals surface area contributed by atoms with Gasteiger partial charge in [0.05, 0.1) is 28.8 Å². The predicted octanol–water partition coefficient (Wildman–Crippen LogP) is 6.61. The predicted molar refractivity (Wildman–Crippen MR) is 145 cm³/mol. The van der Waals surface area contributed by atoms with Crippen molar-refractivity contribution in [1.29, 1.82) is 0 Å². The summed E-state index contributed by atoms with van der Waals surface area (Å²) in [6.45, 7) is 6.13. The maximum atomic E-state index is 14.0. The van der Waals surface area contributed by atoms with Crippen LogP contribution < -0.4 is 9.64 Å². The lowest BCUT2D eigenvalue weighted by atomic mass is 9.94. The zero-order valence-electron chi connectivity index (χ0n) is 20.8. The molecule has 0 bridgehead atoms. The molecular weight excluding hydrogens is 484 g/mol. The van der Waals surface area contributed by atoms with Gasteiger partial charge in [0.25, 0.3) is 5.91 Å². The number of aromatic nitrogens is 1. The van der Waals surface area contributed by atoms with Crippen molar-refractivity contribution < 1.29 is 19.4 Å². The summed E-state index contributed by atoms with van der Waals surface area (Å²) >= 11 is 1.26. The fourth-order valence-corrected chi connectivity index (χ4v) is 5.57. The van der Waals surface area contributed by atoms with Crippen LogP contribution in [-0.2, 0) is 4.79 Å². The molecule has 0 saturated carbocycles. The molecule has 1 aliphatic rings. The van der Waals surface area contributed by atoms with Crippen molar-refractivity contribution in [2.45, 2.75) is 26.8 Å². The number of aliphatic hydroxyl groups is 1. The molecule has 0 fully saturated rings. The molecule has 0 saturated heterocycles. The largest absolute Gasteiger partial charge is 0.503 e. The van der Waals surface area contributed by atoms with Crippen LogP contribution in [0.4, 0.5) is 5.69 Å². The Morgan fingerprint density at radius 1 is 1.03 bits per heavy atom. The maximum Gasteiger partial charge on any atom is 0.294 e. The topological polar surface area (TPSA) is 79.7 Å². The molecule has 1 amide bonds. The number of carbonyl (C=O) groups excluding carboxylic acids is 2. The summed E-state index contributed by atoms with van der Waals surface area (Å²) in [5.74, 6) is -0.876. The number of hydrogen-bond donors (Lipinski definition) is 1. The summed E-state index contributed by atoms with van der Waals surface area (Å²) in [5.41, 5.74) is 3.75. The smallest absolute Gasteiger partial charge is 0.294 e. The number of Topliss-reactive ketones (excluding diaryl/α,β-unsaturated/α-hetero) is 1. The van der Waals surface area contributed by atoms with Crippen molar-refractivity contribution in [3.63, 3.8) is 0 Å². The Balaban J connectivity index is 1.62. The van der Waals surface area contributed by atoms with Crippen LogP contribution in [0.25, 0.3) is 10.6 Å². The molecule has 5 rings (SSSR count). The van der Waals surface area contributed by atoms with Crippen LogP contribution in [0.1, 0.15) is 39.5 Å². The monoisotopic (exact) mass is 510 g/mol. The standard InChI is InChI=1S/C30H26N2O4S/c1-4-36-23-15-13-20(14-16-23)25-24(27(34)30(35)32(25)22-12-8-9-18(2)17-22)26(33)28-19(3)31-29(37-28)21-10-6-5-7-11-21/h5-17,25,34H,4H2,1-3H3. The first-order valence-electron chi connectivity index (χ1n) is 12.0. The first-order valence-corrected chi connectivity index (χ1v) is 12.8. The fraction of sp³-hybridized carbons (Fsp3) is 0.167. The highest BCUT2D eigenvalue weighted by molar-refractivity contribution is 7.17. The van der Waals surface area contributed by atoms with Crippen LogP contribution in [0.15, 0.2) is 90.2 Å². The number of benzene rings is 3. The molecule has 3 aromatic carbocycles. The quantitative estimate of drug-likeness (QED) is 0.283. The summed E-state index contributed by atoms with van der Waals surface area (Å²) in [5, 5.41) is 11.8. The minimum Gasteiger partial charge on any atom is -0.503 e. The number of ketones is 1. The molecule has 37 heavy (non-hydrogen) atoms. The molecule has 1 atom stereocenters. The van der Waals surface area contributed by atoms with Crippen LogP contribution in [-0.4, -0.2) is 28.4 Å². The number of ether oxygens (including phenoxy) is 1. The van der Waals surface area contributed by atoms with Gasteiger partial charge in [-0.25, -0.2) is 4.98 Å². The average Bonchev–Trinajstić information content (AvgIpc) is 3.42. The molecule has 1 aromatic heterocycles. The van der Waals surface area contributed by atoms with Gasteiger partial charge in [0.15, 0.2) is 5.76 Å². The zero-order valence-corrected chi connectivity index (χ0v) is 21.6. The third-order valence-electron chi connectivity index (χ3n) is 6.26. The van der Waals surface area contributed by atoms with E-state index in [0.29, 0.717) is 39.2 Å². The Morgan fingerprint density at radius 3 is 2.43 bits per heavy atom. The van der Waals surface area contributed by atoms with Gasteiger partial charge in [-0.2, -0.15) is 0 Å². The SMILES string of the molecule is CCOc1ccc(C2C(C(=O)c3sc(-c4ccccc4)nc3C)=C(O)C(=O)N2c2cccc(C)c2)cc1. The van der Waals surface area contributed by atoms with E-state index in [9.17, 15) is 14.7 Å². The Labute approximate surface area is 219 Å². The Morgan fingerprint density at radius 2 is 1.76 bits per heavy atom. The van der Waals surface area contributed by atoms with E-state index in [1.165, 1.54) is 16.2 Å². The lowest BCUT2D eigenvalue weighted by Crippen LogP contribution is -2.31. The molecule has 4 aromatic rings. The number of amides is 1. The molecule has 0 aliphatic carbocycles. The van der Waals surface area contributed by atoms with E-state index in [-0.39, 0.29) is 5.57 Å². The van der Waals surface area contributed by atoms with Gasteiger partial charge in [-0.15, -0.1) is 11.3 Å². The van der Waals surface area contributed by atoms with Crippen molar-refractivity contribution in [2.24, 2.45) is 0 Å². The van der Waals surface area contributed by atoms with E-state index in [0.717, 1.165) is 11.1 Å². The van der Waals surface area contributed by atoms with E-state index in [2.05, 4.69) is 4.98 Å². The fourth-order valence-electron chi connectivity index (χ4n) is 4.54. The van der Waals surface area contributed by atoms with Crippen molar-refractivity contribution >= 4 is 28.7 Å². The van der Waals surface area contributed by atoms with Gasteiger partial charge in [-0.3, -0.25) is 14.5 Å². The van der Waals surface area contributed by atoms with E-state index in [1.807, 2.05) is 74.5 Å². The summed E-state index contributed by atoms with van der Waals surface area (Å²) in [7, 11) is 0. The molecule has 2 heterocycles. The van der Waals surface area contributed by atoms with Gasteiger partial charge in [-0.05, 0) is 56.2 Å². The second-order valence-corrected chi connectivity index (χ2v) is 9.81. The molecule has 186 valence electrons. The van der Waals surface area contributed by atoms with E-state index in [4.69, 9.17) is 4.74 Å². The van der Waals surface area contributed by atoms with Crippen molar-refractivity contribution in [1.82, 2.24) is 4.98 Å². The summed E-state index contributed by atoms with van der Waals surface area (Å²) in [4.78, 5) is 34.0. The highest BCUT2D eigenvalue weighted by Gasteiger charge is 2.45. The number of nitrogens with zero attached hydrogens (tertiary/aromatic N) is 2. The molecule has 0 spiro atoms. The highest BCUT2D eigenvalue weighted by Crippen LogP contribution is 2.43. The molecule has 1 unspecified atom stereocenters. The van der Waals surface area contributed by atoms with Crippen LogP contribution in [0.3, 0.4) is 0 Å². The van der Waals surface area contributed by atoms with Gasteiger partial charge >= 0.3 is 0 Å². The highest BCUT2D eigenvalue weighted by atomic mass is 32.1. The van der Waals surface area contributed by atoms with Crippen LogP contribution in [0.2, 0.25) is 0 Å². The summed E-state index contributed by atoms with van der Waals surface area (Å²) in [6.07, 6.45) is 0. The van der Waals surface area contributed by atoms with Crippen molar-refractivity contribution in [3.8, 4) is 16.3 Å². The summed E-state index contributed by atoms with van der Waals surface area (Å²) in [6, 6.07) is 23.5. The third kappa shape index (κ3) is 4.54. The lowest BCUT2D eigenvalue weighted by Gasteiger charge is -2.27. The Kier molecular flexibility index (Phi) is 6.63. The van der Waals surface area contributed by atoms with Gasteiger partial charge in [0.1, 0.15) is 10.8 Å². The Hall–Kier alpha value is -4.23. The minimum absolute atomic E-state index is 0.0435. The molecule has 0 radical (unpaired) electrons. The molecular formula is C30H26N2O4S. The number of thiazole rings is 1. The van der Waals surface area contributed by atoms with Gasteiger partial charge in [-0.1, -0.05) is 54.6 Å². The van der Waals surface area contributed by atoms with Crippen molar-refractivity contribution in [3.05, 3.63) is 112 Å². The number of aryl methyl sites for hydroxylation is 2. The van der Waals surface area contributed by atoms with Gasteiger partial charge < -0.3 is 9.84 Å². The number of anilines is 1. The first kappa shape index (κ1) is 24.5. The number of rotatable bonds is 7. The first-order chi connectivity index (χ1) is 17.9. The van der Waals surface area contributed by atoms with E-state index >= 15 is 0 Å². The Bertz CT molecular complexity index is 1510. The van der Waals surface area contributed by atoms with Crippen LogP contribution in [0, 0.1) is 13.8 Å². The molecule has 7 heteroatoms. The maximum absolute atomic E-state index is 14.0. The zero-order chi connectivity index (χ0) is 26.1. The number of hydrogen-bond acceptors (Lipinski definition) is 6. The van der Waals surface area contributed by atoms with Gasteiger partial charge in [0, 0.05) is 11.3 Å². The van der Waals surface area contributed by atoms with Crippen LogP contribution >= 0.6 is 11.3 Å². The molecule has 1 N–H and O–H groups in total.